The van der Waals surface area contributed by atoms with Gasteiger partial charge in [0.05, 0.1) is 32.8 Å². The summed E-state index contributed by atoms with van der Waals surface area (Å²) in [5.41, 5.74) is 3.42. The second-order valence-electron chi connectivity index (χ2n) is 10.7. The van der Waals surface area contributed by atoms with Crippen LogP contribution in [0.1, 0.15) is 28.7 Å². The molecule has 3 aromatic rings. The number of methoxy groups -OCH3 is 2. The molecule has 3 aliphatic rings. The molecule has 0 bridgehead atoms. The molecule has 2 aliphatic heterocycles. The van der Waals surface area contributed by atoms with Crippen LogP contribution in [0.4, 0.5) is 10.1 Å². The zero-order valence-electron chi connectivity index (χ0n) is 23.4. The molecule has 2 heterocycles. The molecule has 0 amide bonds. The Labute approximate surface area is 238 Å². The Morgan fingerprint density at radius 3 is 2.24 bits per heavy atom. The average molecular weight is 565 g/mol. The molecule has 3 aromatic carbocycles. The van der Waals surface area contributed by atoms with Crippen molar-refractivity contribution in [1.82, 2.24) is 4.90 Å². The van der Waals surface area contributed by atoms with Crippen molar-refractivity contribution >= 4 is 11.7 Å². The normalized spacial score (nSPS) is 22.1. The first kappa shape index (κ1) is 27.0. The second kappa shape index (κ2) is 11.0. The number of fused-ring (bicyclic) bond motifs is 3. The van der Waals surface area contributed by atoms with E-state index in [2.05, 4.69) is 5.32 Å². The molecular weight excluding hydrogens is 531 g/mol. The maximum atomic E-state index is 13.7. The topological polar surface area (TPSA) is 87.7 Å². The van der Waals surface area contributed by atoms with Gasteiger partial charge in [-0.05, 0) is 79.3 Å². The van der Waals surface area contributed by atoms with Gasteiger partial charge in [0.2, 0.25) is 12.5 Å². The first-order valence-electron chi connectivity index (χ1n) is 13.5. The van der Waals surface area contributed by atoms with Crippen molar-refractivity contribution in [1.29, 1.82) is 0 Å². The van der Waals surface area contributed by atoms with Crippen LogP contribution in [0.15, 0.2) is 48.5 Å². The van der Waals surface area contributed by atoms with Crippen LogP contribution in [0.5, 0.6) is 28.7 Å². The van der Waals surface area contributed by atoms with Gasteiger partial charge in [0.25, 0.3) is 0 Å². The molecule has 0 aromatic heterocycles. The molecule has 10 heteroatoms. The number of carbonyl (C=O) groups is 1. The minimum absolute atomic E-state index is 0.120. The number of esters is 1. The van der Waals surface area contributed by atoms with Crippen molar-refractivity contribution in [2.24, 2.45) is 11.8 Å². The van der Waals surface area contributed by atoms with Gasteiger partial charge in [-0.3, -0.25) is 4.79 Å². The number of benzene rings is 3. The first-order valence-corrected chi connectivity index (χ1v) is 13.5. The molecule has 0 unspecified atom stereocenters. The first-order chi connectivity index (χ1) is 19.9. The lowest BCUT2D eigenvalue weighted by Gasteiger charge is -2.40. The van der Waals surface area contributed by atoms with Gasteiger partial charge in [-0.2, -0.15) is 0 Å². The maximum Gasteiger partial charge on any atom is 0.310 e. The van der Waals surface area contributed by atoms with Crippen molar-refractivity contribution in [2.45, 2.75) is 12.0 Å². The third-order valence-electron chi connectivity index (χ3n) is 7.98. The summed E-state index contributed by atoms with van der Waals surface area (Å²) in [7, 11) is 7.11. The highest BCUT2D eigenvalue weighted by molar-refractivity contribution is 5.79. The molecule has 216 valence electrons. The summed E-state index contributed by atoms with van der Waals surface area (Å²) in [6.45, 7) is 1.53. The summed E-state index contributed by atoms with van der Waals surface area (Å²) in [6.07, 6.45) is 0. The Morgan fingerprint density at radius 1 is 0.951 bits per heavy atom. The molecule has 6 rings (SSSR count). The number of halogens is 1. The van der Waals surface area contributed by atoms with E-state index in [-0.39, 0.29) is 43.1 Å². The Kier molecular flexibility index (Phi) is 7.25. The van der Waals surface area contributed by atoms with Crippen LogP contribution >= 0.6 is 0 Å². The lowest BCUT2D eigenvalue weighted by atomic mass is 9.65. The molecule has 1 fully saturated rings. The molecule has 41 heavy (non-hydrogen) atoms. The number of rotatable bonds is 9. The SMILES string of the molecule is COc1cc([C@@H]2c3cc4c(cc3[C@@H](Nc3ccc(F)cc3)[C@H]3COC(=O)[C@H]23)OCO4)cc(OC)c1OCCN(C)C. The summed E-state index contributed by atoms with van der Waals surface area (Å²) in [6, 6.07) is 13.6. The summed E-state index contributed by atoms with van der Waals surface area (Å²) in [5, 5.41) is 3.54. The smallest absolute Gasteiger partial charge is 0.310 e. The number of anilines is 1. The molecule has 0 radical (unpaired) electrons. The van der Waals surface area contributed by atoms with E-state index < -0.39 is 5.92 Å². The van der Waals surface area contributed by atoms with Gasteiger partial charge < -0.3 is 38.6 Å². The third kappa shape index (κ3) is 4.97. The third-order valence-corrected chi connectivity index (χ3v) is 7.98. The fourth-order valence-electron chi connectivity index (χ4n) is 6.03. The number of cyclic esters (lactones) is 1. The van der Waals surface area contributed by atoms with Crippen LogP contribution in [-0.4, -0.2) is 65.7 Å². The highest BCUT2D eigenvalue weighted by Crippen LogP contribution is 2.56. The van der Waals surface area contributed by atoms with Crippen LogP contribution in [0, 0.1) is 17.7 Å². The number of carbonyl (C=O) groups excluding carboxylic acids is 1. The number of likely N-dealkylation sites (N-methyl/N-ethyl adjacent to an activating group) is 1. The van der Waals surface area contributed by atoms with Gasteiger partial charge in [0.15, 0.2) is 23.0 Å². The van der Waals surface area contributed by atoms with E-state index in [1.165, 1.54) is 12.1 Å². The average Bonchev–Trinajstić information content (AvgIpc) is 3.59. The van der Waals surface area contributed by atoms with E-state index in [1.54, 1.807) is 26.4 Å². The number of nitrogens with zero attached hydrogens (tertiary/aromatic N) is 1. The molecule has 0 spiro atoms. The lowest BCUT2D eigenvalue weighted by Crippen LogP contribution is -2.37. The van der Waals surface area contributed by atoms with Crippen LogP contribution in [0.3, 0.4) is 0 Å². The minimum atomic E-state index is -0.504. The van der Waals surface area contributed by atoms with Crippen molar-refractivity contribution in [3.63, 3.8) is 0 Å². The summed E-state index contributed by atoms with van der Waals surface area (Å²) < 4.78 is 48.4. The van der Waals surface area contributed by atoms with E-state index in [9.17, 15) is 9.18 Å². The fourth-order valence-corrected chi connectivity index (χ4v) is 6.03. The van der Waals surface area contributed by atoms with E-state index >= 15 is 0 Å². The zero-order chi connectivity index (χ0) is 28.7. The molecular formula is C31H33FN2O7. The van der Waals surface area contributed by atoms with Gasteiger partial charge >= 0.3 is 5.97 Å². The Balaban J connectivity index is 1.48. The second-order valence-corrected chi connectivity index (χ2v) is 10.7. The van der Waals surface area contributed by atoms with Crippen molar-refractivity contribution in [3.05, 3.63) is 71.0 Å². The van der Waals surface area contributed by atoms with Gasteiger partial charge in [-0.1, -0.05) is 0 Å². The molecule has 1 saturated heterocycles. The maximum absolute atomic E-state index is 13.7. The van der Waals surface area contributed by atoms with Crippen molar-refractivity contribution < 1.29 is 37.6 Å². The van der Waals surface area contributed by atoms with Gasteiger partial charge in [0.1, 0.15) is 12.4 Å². The molecule has 1 aliphatic carbocycles. The lowest BCUT2D eigenvalue weighted by molar-refractivity contribution is -0.141. The van der Waals surface area contributed by atoms with Crippen LogP contribution in [0.25, 0.3) is 0 Å². The minimum Gasteiger partial charge on any atom is -0.493 e. The quantitative estimate of drug-likeness (QED) is 0.375. The predicted molar refractivity (Wildman–Crippen MR) is 149 cm³/mol. The molecule has 0 saturated carbocycles. The Morgan fingerprint density at radius 2 is 1.61 bits per heavy atom. The van der Waals surface area contributed by atoms with Crippen LogP contribution in [0.2, 0.25) is 0 Å². The summed E-state index contributed by atoms with van der Waals surface area (Å²) in [4.78, 5) is 15.4. The number of hydrogen-bond acceptors (Lipinski definition) is 9. The number of hydrogen-bond donors (Lipinski definition) is 1. The van der Waals surface area contributed by atoms with Crippen molar-refractivity contribution in [2.75, 3.05) is 60.2 Å². The van der Waals surface area contributed by atoms with E-state index in [4.69, 9.17) is 28.4 Å². The highest BCUT2D eigenvalue weighted by Gasteiger charge is 2.52. The van der Waals surface area contributed by atoms with Crippen LogP contribution in [-0.2, 0) is 9.53 Å². The van der Waals surface area contributed by atoms with E-state index in [1.807, 2.05) is 43.3 Å². The Hall–Kier alpha value is -4.18. The molecule has 4 atom stereocenters. The molecule has 1 N–H and O–H groups in total. The van der Waals surface area contributed by atoms with Crippen molar-refractivity contribution in [3.8, 4) is 28.7 Å². The van der Waals surface area contributed by atoms with Gasteiger partial charge in [-0.15, -0.1) is 0 Å². The van der Waals surface area contributed by atoms with Gasteiger partial charge in [0, 0.05) is 24.1 Å². The van der Waals surface area contributed by atoms with Crippen LogP contribution < -0.4 is 29.0 Å². The zero-order valence-corrected chi connectivity index (χ0v) is 23.4. The highest BCUT2D eigenvalue weighted by atomic mass is 19.1. The Bertz CT molecular complexity index is 1420. The largest absolute Gasteiger partial charge is 0.493 e. The molecule has 9 nitrogen and oxygen atoms in total. The monoisotopic (exact) mass is 564 g/mol. The van der Waals surface area contributed by atoms with E-state index in [0.717, 1.165) is 28.9 Å². The van der Waals surface area contributed by atoms with Gasteiger partial charge in [-0.25, -0.2) is 4.39 Å². The van der Waals surface area contributed by atoms with E-state index in [0.29, 0.717) is 35.4 Å². The number of nitrogens with one attached hydrogen (secondary N) is 1. The fraction of sp³-hybridized carbons (Fsp3) is 0.387. The summed E-state index contributed by atoms with van der Waals surface area (Å²) in [5.74, 6) is 1.07. The summed E-state index contributed by atoms with van der Waals surface area (Å²) >= 11 is 0. The standard InChI is InChI=1S/C31H33FN2O7/c1-34(2)9-10-38-30-25(36-3)11-17(12-26(30)37-4)27-20-13-23-24(41-16-40-23)14-21(20)29(22-15-39-31(35)28(22)27)33-19-7-5-18(32)6-8-19/h5-8,11-14,22,27-29,33H,9-10,15-16H2,1-4H3/t22-,27+,28-,29+/m0/s1. The number of ether oxygens (including phenoxy) is 6. The predicted octanol–water partition coefficient (Wildman–Crippen LogP) is 4.60.